The van der Waals surface area contributed by atoms with Crippen molar-refractivity contribution in [1.29, 1.82) is 0 Å². The van der Waals surface area contributed by atoms with Gasteiger partial charge in [0.1, 0.15) is 18.2 Å². The van der Waals surface area contributed by atoms with Gasteiger partial charge in [0.15, 0.2) is 0 Å². The van der Waals surface area contributed by atoms with Crippen LogP contribution in [0, 0.1) is 5.82 Å². The highest BCUT2D eigenvalue weighted by molar-refractivity contribution is 9.10. The Morgan fingerprint density at radius 1 is 1.24 bits per heavy atom. The van der Waals surface area contributed by atoms with Crippen molar-refractivity contribution in [3.8, 4) is 5.75 Å². The quantitative estimate of drug-likeness (QED) is 0.819. The smallest absolute Gasteiger partial charge is 0.328 e. The van der Waals surface area contributed by atoms with Gasteiger partial charge in [-0.15, -0.1) is 0 Å². The summed E-state index contributed by atoms with van der Waals surface area (Å²) in [6, 6.07) is 11.6. The second-order valence-corrected chi connectivity index (χ2v) is 5.06. The number of hydrogen-bond donors (Lipinski definition) is 1. The van der Waals surface area contributed by atoms with Gasteiger partial charge in [0.2, 0.25) is 0 Å². The van der Waals surface area contributed by atoms with Crippen molar-refractivity contribution < 1.29 is 19.0 Å². The van der Waals surface area contributed by atoms with Gasteiger partial charge in [-0.1, -0.05) is 30.3 Å². The van der Waals surface area contributed by atoms with E-state index < -0.39 is 5.97 Å². The van der Waals surface area contributed by atoms with E-state index in [2.05, 4.69) is 15.9 Å². The van der Waals surface area contributed by atoms with E-state index in [1.54, 1.807) is 36.4 Å². The van der Waals surface area contributed by atoms with Gasteiger partial charge in [-0.2, -0.15) is 0 Å². The lowest BCUT2D eigenvalue weighted by Gasteiger charge is -2.11. The normalized spacial score (nSPS) is 10.8. The zero-order chi connectivity index (χ0) is 15.2. The van der Waals surface area contributed by atoms with Crippen LogP contribution < -0.4 is 4.74 Å². The fourth-order valence-electron chi connectivity index (χ4n) is 1.74. The molecule has 5 heteroatoms. The van der Waals surface area contributed by atoms with Gasteiger partial charge in [0, 0.05) is 17.2 Å². The minimum atomic E-state index is -1.05. The Hall–Kier alpha value is -2.14. The summed E-state index contributed by atoms with van der Waals surface area (Å²) in [4.78, 5) is 10.6. The number of rotatable bonds is 5. The first kappa shape index (κ1) is 15.3. The third kappa shape index (κ3) is 4.16. The maximum atomic E-state index is 13.6. The maximum Gasteiger partial charge on any atom is 0.328 e. The number of hydrogen-bond acceptors (Lipinski definition) is 2. The minimum absolute atomic E-state index is 0.0587. The molecular formula is C16H12BrFO3. The van der Waals surface area contributed by atoms with E-state index in [0.29, 0.717) is 21.3 Å². The number of benzene rings is 2. The minimum Gasteiger partial charge on any atom is -0.487 e. The molecule has 0 bridgehead atoms. The number of carbonyl (C=O) groups is 1. The molecule has 0 amide bonds. The van der Waals surface area contributed by atoms with Crippen LogP contribution in [0.15, 0.2) is 53.0 Å². The first-order valence-electron chi connectivity index (χ1n) is 6.13. The lowest BCUT2D eigenvalue weighted by molar-refractivity contribution is -0.131. The molecule has 0 saturated carbocycles. The maximum absolute atomic E-state index is 13.6. The lowest BCUT2D eigenvalue weighted by Crippen LogP contribution is -2.00. The van der Waals surface area contributed by atoms with Crippen molar-refractivity contribution in [3.05, 3.63) is 70.0 Å². The molecule has 0 fully saturated rings. The largest absolute Gasteiger partial charge is 0.487 e. The SMILES string of the molecule is O=C(O)C=Cc1cccc(Br)c1OCc1ccccc1F. The van der Waals surface area contributed by atoms with Crippen LogP contribution in [-0.4, -0.2) is 11.1 Å². The van der Waals surface area contributed by atoms with E-state index in [0.717, 1.165) is 6.08 Å². The fraction of sp³-hybridized carbons (Fsp3) is 0.0625. The Bertz CT molecular complexity index is 683. The van der Waals surface area contributed by atoms with Gasteiger partial charge in [0.25, 0.3) is 0 Å². The Morgan fingerprint density at radius 3 is 2.71 bits per heavy atom. The van der Waals surface area contributed by atoms with E-state index in [1.165, 1.54) is 12.1 Å². The summed E-state index contributed by atoms with van der Waals surface area (Å²) >= 11 is 3.35. The van der Waals surface area contributed by atoms with E-state index in [-0.39, 0.29) is 12.4 Å². The van der Waals surface area contributed by atoms with Crippen molar-refractivity contribution in [2.75, 3.05) is 0 Å². The van der Waals surface area contributed by atoms with Crippen LogP contribution in [0.1, 0.15) is 11.1 Å². The summed E-state index contributed by atoms with van der Waals surface area (Å²) < 4.78 is 19.9. The predicted octanol–water partition coefficient (Wildman–Crippen LogP) is 4.27. The summed E-state index contributed by atoms with van der Waals surface area (Å²) in [6.07, 6.45) is 2.46. The molecule has 108 valence electrons. The molecule has 0 saturated heterocycles. The highest BCUT2D eigenvalue weighted by Gasteiger charge is 2.08. The number of halogens is 2. The molecule has 3 nitrogen and oxygen atoms in total. The van der Waals surface area contributed by atoms with E-state index in [1.807, 2.05) is 0 Å². The molecule has 2 aromatic rings. The summed E-state index contributed by atoms with van der Waals surface area (Å²) in [7, 11) is 0. The molecule has 21 heavy (non-hydrogen) atoms. The van der Waals surface area contributed by atoms with Crippen LogP contribution >= 0.6 is 15.9 Å². The Balaban J connectivity index is 2.23. The number of carboxylic acids is 1. The highest BCUT2D eigenvalue weighted by Crippen LogP contribution is 2.31. The number of aliphatic carboxylic acids is 1. The molecular weight excluding hydrogens is 339 g/mol. The average molecular weight is 351 g/mol. The highest BCUT2D eigenvalue weighted by atomic mass is 79.9. The number of para-hydroxylation sites is 1. The standard InChI is InChI=1S/C16H12BrFO3/c17-13-6-3-5-11(8-9-15(19)20)16(13)21-10-12-4-1-2-7-14(12)18/h1-9H,10H2,(H,19,20). The van der Waals surface area contributed by atoms with Crippen molar-refractivity contribution in [1.82, 2.24) is 0 Å². The van der Waals surface area contributed by atoms with Crippen LogP contribution in [0.5, 0.6) is 5.75 Å². The first-order chi connectivity index (χ1) is 10.1. The molecule has 0 radical (unpaired) electrons. The summed E-state index contributed by atoms with van der Waals surface area (Å²) in [6.45, 7) is 0.0587. The summed E-state index contributed by atoms with van der Waals surface area (Å²) in [5.41, 5.74) is 1.03. The van der Waals surface area contributed by atoms with Crippen LogP contribution in [0.4, 0.5) is 4.39 Å². The van der Waals surface area contributed by atoms with E-state index in [9.17, 15) is 9.18 Å². The molecule has 0 spiro atoms. The zero-order valence-corrected chi connectivity index (χ0v) is 12.5. The monoisotopic (exact) mass is 350 g/mol. The van der Waals surface area contributed by atoms with Crippen molar-refractivity contribution >= 4 is 28.0 Å². The van der Waals surface area contributed by atoms with Gasteiger partial charge < -0.3 is 9.84 Å². The second-order valence-electron chi connectivity index (χ2n) is 4.21. The lowest BCUT2D eigenvalue weighted by atomic mass is 10.2. The van der Waals surface area contributed by atoms with Crippen molar-refractivity contribution in [2.24, 2.45) is 0 Å². The number of ether oxygens (including phenoxy) is 1. The molecule has 2 aromatic carbocycles. The number of carboxylic acid groups (broad SMARTS) is 1. The van der Waals surface area contributed by atoms with Gasteiger partial charge in [0.05, 0.1) is 4.47 Å². The Kier molecular flexibility index (Phi) is 5.11. The molecule has 0 aliphatic heterocycles. The average Bonchev–Trinajstić information content (AvgIpc) is 2.45. The molecule has 2 rings (SSSR count). The molecule has 0 atom stereocenters. The van der Waals surface area contributed by atoms with E-state index >= 15 is 0 Å². The van der Waals surface area contributed by atoms with Crippen LogP contribution in [0.2, 0.25) is 0 Å². The van der Waals surface area contributed by atoms with Gasteiger partial charge in [-0.25, -0.2) is 9.18 Å². The zero-order valence-electron chi connectivity index (χ0n) is 10.9. The van der Waals surface area contributed by atoms with Gasteiger partial charge in [-0.05, 0) is 34.1 Å². The fourth-order valence-corrected chi connectivity index (χ4v) is 2.23. The third-order valence-corrected chi connectivity index (χ3v) is 3.36. The van der Waals surface area contributed by atoms with Gasteiger partial charge in [-0.3, -0.25) is 0 Å². The predicted molar refractivity (Wildman–Crippen MR) is 81.5 cm³/mol. The third-order valence-electron chi connectivity index (χ3n) is 2.73. The van der Waals surface area contributed by atoms with Gasteiger partial charge >= 0.3 is 5.97 Å². The summed E-state index contributed by atoms with van der Waals surface area (Å²) in [5.74, 6) is -0.916. The molecule has 0 unspecified atom stereocenters. The molecule has 0 aliphatic rings. The van der Waals surface area contributed by atoms with E-state index in [4.69, 9.17) is 9.84 Å². The molecule has 0 aliphatic carbocycles. The Morgan fingerprint density at radius 2 is 2.00 bits per heavy atom. The Labute approximate surface area is 129 Å². The van der Waals surface area contributed by atoms with Crippen LogP contribution in [-0.2, 0) is 11.4 Å². The van der Waals surface area contributed by atoms with Crippen LogP contribution in [0.3, 0.4) is 0 Å². The first-order valence-corrected chi connectivity index (χ1v) is 6.93. The second kappa shape index (κ2) is 7.04. The molecule has 0 heterocycles. The van der Waals surface area contributed by atoms with Crippen molar-refractivity contribution in [2.45, 2.75) is 6.61 Å². The molecule has 0 aromatic heterocycles. The van der Waals surface area contributed by atoms with Crippen LogP contribution in [0.25, 0.3) is 6.08 Å². The molecule has 1 N–H and O–H groups in total. The topological polar surface area (TPSA) is 46.5 Å². The van der Waals surface area contributed by atoms with Crippen molar-refractivity contribution in [3.63, 3.8) is 0 Å². The summed E-state index contributed by atoms with van der Waals surface area (Å²) in [5, 5.41) is 8.69.